The molecular formula is C13H19N5O. The van der Waals surface area contributed by atoms with Gasteiger partial charge in [-0.05, 0) is 33.1 Å². The molecule has 1 aromatic rings. The first-order valence-corrected chi connectivity index (χ1v) is 6.63. The van der Waals surface area contributed by atoms with Gasteiger partial charge in [-0.25, -0.2) is 4.68 Å². The van der Waals surface area contributed by atoms with E-state index < -0.39 is 0 Å². The molecule has 0 atom stereocenters. The molecule has 102 valence electrons. The number of nitrogens with zero attached hydrogens (tertiary/aromatic N) is 4. The zero-order valence-corrected chi connectivity index (χ0v) is 11.4. The van der Waals surface area contributed by atoms with Crippen LogP contribution in [0.4, 0.5) is 5.82 Å². The maximum atomic E-state index is 12.4. The van der Waals surface area contributed by atoms with E-state index in [0.717, 1.165) is 32.4 Å². The molecule has 1 aromatic heterocycles. The van der Waals surface area contributed by atoms with Crippen molar-refractivity contribution < 1.29 is 4.79 Å². The first-order chi connectivity index (χ1) is 9.06. The molecule has 6 nitrogen and oxygen atoms in total. The molecule has 0 radical (unpaired) electrons. The van der Waals surface area contributed by atoms with E-state index in [1.54, 1.807) is 4.90 Å². The number of hydrogen-bond acceptors (Lipinski definition) is 4. The fraction of sp³-hybridized carbons (Fsp3) is 0.615. The number of amides is 1. The maximum absolute atomic E-state index is 12.4. The Bertz CT molecular complexity index is 520. The van der Waals surface area contributed by atoms with E-state index in [2.05, 4.69) is 5.10 Å². The molecular weight excluding hydrogens is 242 g/mol. The quantitative estimate of drug-likeness (QED) is 0.874. The van der Waals surface area contributed by atoms with Crippen LogP contribution in [-0.4, -0.2) is 33.7 Å². The van der Waals surface area contributed by atoms with Crippen LogP contribution in [0.5, 0.6) is 0 Å². The Morgan fingerprint density at radius 1 is 1.37 bits per heavy atom. The van der Waals surface area contributed by atoms with Gasteiger partial charge >= 0.3 is 0 Å². The third kappa shape index (κ3) is 2.41. The van der Waals surface area contributed by atoms with E-state index in [-0.39, 0.29) is 29.0 Å². The predicted octanol–water partition coefficient (Wildman–Crippen LogP) is 1.54. The van der Waals surface area contributed by atoms with Crippen LogP contribution < -0.4 is 5.73 Å². The van der Waals surface area contributed by atoms with Gasteiger partial charge in [0.25, 0.3) is 5.91 Å². The number of carbonyl (C=O) groups excluding carboxylic acids is 1. The number of hydrogen-bond donors (Lipinski definition) is 1. The molecule has 6 heteroatoms. The highest BCUT2D eigenvalue weighted by Crippen LogP contribution is 2.22. The van der Waals surface area contributed by atoms with Crippen molar-refractivity contribution in [3.63, 3.8) is 0 Å². The van der Waals surface area contributed by atoms with Crippen LogP contribution in [0.25, 0.3) is 0 Å². The highest BCUT2D eigenvalue weighted by Gasteiger charge is 2.27. The fourth-order valence-electron chi connectivity index (χ4n) is 2.35. The van der Waals surface area contributed by atoms with Crippen molar-refractivity contribution in [1.29, 1.82) is 5.26 Å². The lowest BCUT2D eigenvalue weighted by Crippen LogP contribution is -2.36. The van der Waals surface area contributed by atoms with Gasteiger partial charge in [0.2, 0.25) is 0 Å². The van der Waals surface area contributed by atoms with E-state index >= 15 is 0 Å². The second kappa shape index (κ2) is 5.31. The van der Waals surface area contributed by atoms with E-state index in [9.17, 15) is 10.1 Å². The summed E-state index contributed by atoms with van der Waals surface area (Å²) >= 11 is 0. The lowest BCUT2D eigenvalue weighted by Gasteiger charge is -2.25. The van der Waals surface area contributed by atoms with Gasteiger partial charge in [0.1, 0.15) is 17.5 Å². The van der Waals surface area contributed by atoms with Gasteiger partial charge < -0.3 is 10.6 Å². The van der Waals surface area contributed by atoms with Crippen LogP contribution >= 0.6 is 0 Å². The molecule has 1 aliphatic heterocycles. The monoisotopic (exact) mass is 261 g/mol. The zero-order chi connectivity index (χ0) is 14.0. The van der Waals surface area contributed by atoms with Crippen LogP contribution in [0.2, 0.25) is 0 Å². The number of likely N-dealkylation sites (tertiary alicyclic amines) is 1. The van der Waals surface area contributed by atoms with Gasteiger partial charge in [-0.2, -0.15) is 10.4 Å². The Morgan fingerprint density at radius 3 is 2.53 bits per heavy atom. The lowest BCUT2D eigenvalue weighted by molar-refractivity contribution is 0.0717. The summed E-state index contributed by atoms with van der Waals surface area (Å²) in [5.74, 6) is 0.0974. The van der Waals surface area contributed by atoms with E-state index in [4.69, 9.17) is 5.73 Å². The van der Waals surface area contributed by atoms with Crippen molar-refractivity contribution in [2.75, 3.05) is 18.8 Å². The first kappa shape index (κ1) is 13.4. The standard InChI is InChI=1S/C13H19N5O/c1-9(2)18-12(15)10(8-14)11(16-18)13(19)17-6-4-3-5-7-17/h9H,3-7,15H2,1-2H3. The number of rotatable bonds is 2. The van der Waals surface area contributed by atoms with Crippen molar-refractivity contribution >= 4 is 11.7 Å². The smallest absolute Gasteiger partial charge is 0.275 e. The Labute approximate surface area is 112 Å². The van der Waals surface area contributed by atoms with Crippen LogP contribution in [-0.2, 0) is 0 Å². The predicted molar refractivity (Wildman–Crippen MR) is 71.5 cm³/mol. The molecule has 1 aliphatic rings. The summed E-state index contributed by atoms with van der Waals surface area (Å²) in [6.45, 7) is 5.30. The second-order valence-electron chi connectivity index (χ2n) is 5.11. The summed E-state index contributed by atoms with van der Waals surface area (Å²) in [6, 6.07) is 2.03. The van der Waals surface area contributed by atoms with Gasteiger partial charge in [-0.3, -0.25) is 4.79 Å². The normalized spacial score (nSPS) is 15.6. The minimum Gasteiger partial charge on any atom is -0.383 e. The number of nitrogens with two attached hydrogens (primary N) is 1. The number of anilines is 1. The number of nitrogen functional groups attached to an aromatic ring is 1. The topological polar surface area (TPSA) is 87.9 Å². The fourth-order valence-corrected chi connectivity index (χ4v) is 2.35. The van der Waals surface area contributed by atoms with Gasteiger partial charge in [0.15, 0.2) is 5.69 Å². The molecule has 0 bridgehead atoms. The third-order valence-electron chi connectivity index (χ3n) is 3.39. The van der Waals surface area contributed by atoms with E-state index in [1.165, 1.54) is 4.68 Å². The van der Waals surface area contributed by atoms with Crippen molar-refractivity contribution in [1.82, 2.24) is 14.7 Å². The van der Waals surface area contributed by atoms with Crippen LogP contribution in [0.1, 0.15) is 55.2 Å². The van der Waals surface area contributed by atoms with Crippen molar-refractivity contribution in [2.45, 2.75) is 39.2 Å². The van der Waals surface area contributed by atoms with Crippen molar-refractivity contribution in [3.05, 3.63) is 11.3 Å². The van der Waals surface area contributed by atoms with Gasteiger partial charge in [-0.1, -0.05) is 0 Å². The Kier molecular flexibility index (Phi) is 3.74. The van der Waals surface area contributed by atoms with Gasteiger partial charge in [0.05, 0.1) is 0 Å². The first-order valence-electron chi connectivity index (χ1n) is 6.63. The average Bonchev–Trinajstić information content (AvgIpc) is 2.76. The highest BCUT2D eigenvalue weighted by atomic mass is 16.2. The van der Waals surface area contributed by atoms with Crippen molar-refractivity contribution in [3.8, 4) is 6.07 Å². The molecule has 19 heavy (non-hydrogen) atoms. The molecule has 0 aliphatic carbocycles. The minimum absolute atomic E-state index is 0.0232. The van der Waals surface area contributed by atoms with Crippen LogP contribution in [0.3, 0.4) is 0 Å². The Hall–Kier alpha value is -2.03. The summed E-state index contributed by atoms with van der Waals surface area (Å²) in [5, 5.41) is 13.4. The Balaban J connectivity index is 2.36. The number of piperidine rings is 1. The lowest BCUT2D eigenvalue weighted by atomic mass is 10.1. The molecule has 0 spiro atoms. The summed E-state index contributed by atoms with van der Waals surface area (Å²) in [6.07, 6.45) is 3.17. The van der Waals surface area contributed by atoms with Gasteiger partial charge in [0, 0.05) is 19.1 Å². The zero-order valence-electron chi connectivity index (χ0n) is 11.4. The molecule has 2 N–H and O–H groups in total. The van der Waals surface area contributed by atoms with Crippen molar-refractivity contribution in [2.24, 2.45) is 0 Å². The third-order valence-corrected chi connectivity index (χ3v) is 3.39. The molecule has 1 fully saturated rings. The molecule has 0 aromatic carbocycles. The van der Waals surface area contributed by atoms with E-state index in [0.29, 0.717) is 0 Å². The summed E-state index contributed by atoms with van der Waals surface area (Å²) in [4.78, 5) is 14.2. The molecule has 2 rings (SSSR count). The summed E-state index contributed by atoms with van der Waals surface area (Å²) in [5.41, 5.74) is 6.28. The maximum Gasteiger partial charge on any atom is 0.275 e. The molecule has 0 saturated carbocycles. The summed E-state index contributed by atoms with van der Waals surface area (Å²) in [7, 11) is 0. The van der Waals surface area contributed by atoms with Gasteiger partial charge in [-0.15, -0.1) is 0 Å². The molecule has 1 saturated heterocycles. The molecule has 2 heterocycles. The largest absolute Gasteiger partial charge is 0.383 e. The molecule has 0 unspecified atom stereocenters. The van der Waals surface area contributed by atoms with Crippen LogP contribution in [0.15, 0.2) is 0 Å². The number of carbonyl (C=O) groups is 1. The number of nitriles is 1. The highest BCUT2D eigenvalue weighted by molar-refractivity contribution is 5.96. The SMILES string of the molecule is CC(C)n1nc(C(=O)N2CCCCC2)c(C#N)c1N. The average molecular weight is 261 g/mol. The second-order valence-corrected chi connectivity index (χ2v) is 5.11. The minimum atomic E-state index is -0.178. The number of aromatic nitrogens is 2. The molecule has 1 amide bonds. The van der Waals surface area contributed by atoms with Crippen LogP contribution in [0, 0.1) is 11.3 Å². The summed E-state index contributed by atoms with van der Waals surface area (Å²) < 4.78 is 1.54. The van der Waals surface area contributed by atoms with E-state index in [1.807, 2.05) is 19.9 Å². The Morgan fingerprint density at radius 2 is 2.00 bits per heavy atom.